The summed E-state index contributed by atoms with van der Waals surface area (Å²) in [4.78, 5) is 2.40. The molecule has 0 amide bonds. The van der Waals surface area contributed by atoms with Crippen molar-refractivity contribution in [1.29, 1.82) is 0 Å². The summed E-state index contributed by atoms with van der Waals surface area (Å²) in [6.07, 6.45) is 1.96. The molecule has 5 heteroatoms. The largest absolute Gasteiger partial charge is 0.374 e. The molecule has 5 nitrogen and oxygen atoms in total. The third kappa shape index (κ3) is 2.86. The van der Waals surface area contributed by atoms with Crippen molar-refractivity contribution in [2.45, 2.75) is 32.0 Å². The summed E-state index contributed by atoms with van der Waals surface area (Å²) in [5.41, 5.74) is 7.12. The van der Waals surface area contributed by atoms with E-state index in [-0.39, 0.29) is 12.1 Å². The van der Waals surface area contributed by atoms with Gasteiger partial charge in [0.2, 0.25) is 0 Å². The van der Waals surface area contributed by atoms with E-state index in [1.807, 2.05) is 19.3 Å². The van der Waals surface area contributed by atoms with Crippen molar-refractivity contribution >= 4 is 0 Å². The van der Waals surface area contributed by atoms with Gasteiger partial charge in [0.05, 0.1) is 24.4 Å². The maximum atomic E-state index is 6.22. The number of hydrogen-bond acceptors (Lipinski definition) is 4. The van der Waals surface area contributed by atoms with Crippen LogP contribution >= 0.6 is 0 Å². The Morgan fingerprint density at radius 1 is 1.53 bits per heavy atom. The average molecular weight is 238 g/mol. The summed E-state index contributed by atoms with van der Waals surface area (Å²) in [5, 5.41) is 4.35. The lowest BCUT2D eigenvalue weighted by Gasteiger charge is -2.37. The second-order valence-electron chi connectivity index (χ2n) is 4.94. The molecule has 2 rings (SSSR count). The minimum Gasteiger partial charge on any atom is -0.374 e. The highest BCUT2D eigenvalue weighted by molar-refractivity contribution is 5.07. The molecule has 17 heavy (non-hydrogen) atoms. The summed E-state index contributed by atoms with van der Waals surface area (Å²) in [5.74, 6) is 0. The Kier molecular flexibility index (Phi) is 3.81. The molecule has 0 aromatic carbocycles. The third-order valence-corrected chi connectivity index (χ3v) is 3.33. The molecular formula is C12H22N4O. The number of morpholine rings is 1. The third-order valence-electron chi connectivity index (χ3n) is 3.33. The number of aromatic nitrogens is 2. The molecule has 0 aliphatic carbocycles. The zero-order valence-corrected chi connectivity index (χ0v) is 10.8. The van der Waals surface area contributed by atoms with Crippen LogP contribution < -0.4 is 5.73 Å². The Bertz CT molecular complexity index is 363. The summed E-state index contributed by atoms with van der Waals surface area (Å²) in [6.45, 7) is 7.03. The van der Waals surface area contributed by atoms with Gasteiger partial charge >= 0.3 is 0 Å². The highest BCUT2D eigenvalue weighted by Gasteiger charge is 2.28. The first-order valence-electron chi connectivity index (χ1n) is 6.18. The van der Waals surface area contributed by atoms with Gasteiger partial charge in [-0.25, -0.2) is 0 Å². The van der Waals surface area contributed by atoms with Crippen LogP contribution in [0.15, 0.2) is 12.3 Å². The van der Waals surface area contributed by atoms with Crippen LogP contribution in [0.1, 0.15) is 25.6 Å². The Morgan fingerprint density at radius 2 is 2.29 bits per heavy atom. The van der Waals surface area contributed by atoms with Gasteiger partial charge in [-0.2, -0.15) is 5.10 Å². The number of nitrogens with two attached hydrogens (primary N) is 1. The minimum absolute atomic E-state index is 0.0426. The topological polar surface area (TPSA) is 56.3 Å². The SMILES string of the molecule is CC(C)N1CCOC(C(N)c2ccn(C)n2)C1. The van der Waals surface area contributed by atoms with Crippen molar-refractivity contribution in [3.8, 4) is 0 Å². The zero-order chi connectivity index (χ0) is 12.4. The lowest BCUT2D eigenvalue weighted by atomic mass is 10.1. The van der Waals surface area contributed by atoms with E-state index in [1.165, 1.54) is 0 Å². The minimum atomic E-state index is -0.141. The van der Waals surface area contributed by atoms with E-state index in [0.29, 0.717) is 6.04 Å². The van der Waals surface area contributed by atoms with Crippen LogP contribution in [0.25, 0.3) is 0 Å². The van der Waals surface area contributed by atoms with Crippen LogP contribution in [0.4, 0.5) is 0 Å². The fraction of sp³-hybridized carbons (Fsp3) is 0.750. The summed E-state index contributed by atoms with van der Waals surface area (Å²) in [7, 11) is 1.90. The van der Waals surface area contributed by atoms with E-state index in [9.17, 15) is 0 Å². The second kappa shape index (κ2) is 5.16. The predicted molar refractivity (Wildman–Crippen MR) is 66.6 cm³/mol. The number of nitrogens with zero attached hydrogens (tertiary/aromatic N) is 3. The van der Waals surface area contributed by atoms with Crippen molar-refractivity contribution in [1.82, 2.24) is 14.7 Å². The first-order valence-corrected chi connectivity index (χ1v) is 6.18. The fourth-order valence-corrected chi connectivity index (χ4v) is 2.18. The highest BCUT2D eigenvalue weighted by atomic mass is 16.5. The van der Waals surface area contributed by atoms with Crippen LogP contribution in [0.5, 0.6) is 0 Å². The van der Waals surface area contributed by atoms with Gasteiger partial charge in [0, 0.05) is 32.4 Å². The normalized spacial score (nSPS) is 24.2. The fourth-order valence-electron chi connectivity index (χ4n) is 2.18. The summed E-state index contributed by atoms with van der Waals surface area (Å²) >= 11 is 0. The quantitative estimate of drug-likeness (QED) is 0.834. The maximum Gasteiger partial charge on any atom is 0.0911 e. The standard InChI is InChI=1S/C12H22N4O/c1-9(2)16-6-7-17-11(8-16)12(13)10-4-5-15(3)14-10/h4-5,9,11-12H,6-8,13H2,1-3H3. The van der Waals surface area contributed by atoms with E-state index in [1.54, 1.807) is 4.68 Å². The molecule has 1 saturated heterocycles. The van der Waals surface area contributed by atoms with Crippen LogP contribution in [-0.4, -0.2) is 46.5 Å². The molecule has 0 spiro atoms. The Hall–Kier alpha value is -0.910. The van der Waals surface area contributed by atoms with Crippen molar-refractivity contribution in [3.63, 3.8) is 0 Å². The monoisotopic (exact) mass is 238 g/mol. The lowest BCUT2D eigenvalue weighted by molar-refractivity contribution is -0.0508. The molecule has 0 bridgehead atoms. The van der Waals surface area contributed by atoms with Crippen LogP contribution in [-0.2, 0) is 11.8 Å². The van der Waals surface area contributed by atoms with Crippen molar-refractivity contribution < 1.29 is 4.74 Å². The van der Waals surface area contributed by atoms with Gasteiger partial charge in [-0.1, -0.05) is 0 Å². The number of ether oxygens (including phenoxy) is 1. The van der Waals surface area contributed by atoms with Gasteiger partial charge in [0.1, 0.15) is 0 Å². The van der Waals surface area contributed by atoms with Gasteiger partial charge in [0.25, 0.3) is 0 Å². The summed E-state index contributed by atoms with van der Waals surface area (Å²) < 4.78 is 7.54. The molecule has 0 saturated carbocycles. The van der Waals surface area contributed by atoms with Gasteiger partial charge in [-0.05, 0) is 19.9 Å². The Morgan fingerprint density at radius 3 is 2.88 bits per heavy atom. The Balaban J connectivity index is 2.02. The molecule has 1 aromatic rings. The first kappa shape index (κ1) is 12.5. The van der Waals surface area contributed by atoms with Gasteiger partial charge in [-0.3, -0.25) is 9.58 Å². The van der Waals surface area contributed by atoms with E-state index >= 15 is 0 Å². The molecular weight excluding hydrogens is 216 g/mol. The van der Waals surface area contributed by atoms with Gasteiger partial charge < -0.3 is 10.5 Å². The molecule has 2 atom stereocenters. The number of rotatable bonds is 3. The second-order valence-corrected chi connectivity index (χ2v) is 4.94. The molecule has 2 N–H and O–H groups in total. The summed E-state index contributed by atoms with van der Waals surface area (Å²) in [6, 6.07) is 2.36. The highest BCUT2D eigenvalue weighted by Crippen LogP contribution is 2.19. The van der Waals surface area contributed by atoms with Gasteiger partial charge in [-0.15, -0.1) is 0 Å². The lowest BCUT2D eigenvalue weighted by Crippen LogP contribution is -2.49. The van der Waals surface area contributed by atoms with E-state index < -0.39 is 0 Å². The van der Waals surface area contributed by atoms with Crippen LogP contribution in [0.2, 0.25) is 0 Å². The molecule has 2 unspecified atom stereocenters. The van der Waals surface area contributed by atoms with Crippen LogP contribution in [0, 0.1) is 0 Å². The maximum absolute atomic E-state index is 6.22. The predicted octanol–water partition coefficient (Wildman–Crippen LogP) is 0.529. The molecule has 1 aromatic heterocycles. The smallest absolute Gasteiger partial charge is 0.0911 e. The number of aryl methyl sites for hydroxylation is 1. The number of hydrogen-bond donors (Lipinski definition) is 1. The van der Waals surface area contributed by atoms with E-state index in [4.69, 9.17) is 10.5 Å². The van der Waals surface area contributed by atoms with E-state index in [2.05, 4.69) is 23.8 Å². The van der Waals surface area contributed by atoms with Crippen LogP contribution in [0.3, 0.4) is 0 Å². The molecule has 1 aliphatic heterocycles. The zero-order valence-electron chi connectivity index (χ0n) is 10.8. The van der Waals surface area contributed by atoms with Crippen molar-refractivity contribution in [3.05, 3.63) is 18.0 Å². The molecule has 1 aliphatic rings. The van der Waals surface area contributed by atoms with Crippen molar-refractivity contribution in [2.75, 3.05) is 19.7 Å². The van der Waals surface area contributed by atoms with E-state index in [0.717, 1.165) is 25.4 Å². The van der Waals surface area contributed by atoms with Gasteiger partial charge in [0.15, 0.2) is 0 Å². The molecule has 1 fully saturated rings. The van der Waals surface area contributed by atoms with Crippen molar-refractivity contribution in [2.24, 2.45) is 12.8 Å². The molecule has 96 valence electrons. The average Bonchev–Trinajstić information content (AvgIpc) is 2.75. The Labute approximate surface area is 103 Å². The first-order chi connectivity index (χ1) is 8.08. The molecule has 0 radical (unpaired) electrons. The molecule has 2 heterocycles.